The first kappa shape index (κ1) is 18.1. The summed E-state index contributed by atoms with van der Waals surface area (Å²) in [5.41, 5.74) is 0.845. The van der Waals surface area contributed by atoms with E-state index in [1.54, 1.807) is 0 Å². The van der Waals surface area contributed by atoms with Gasteiger partial charge < -0.3 is 14.3 Å². The molecule has 1 aliphatic rings. The lowest BCUT2D eigenvalue weighted by Crippen LogP contribution is -2.51. The van der Waals surface area contributed by atoms with Crippen molar-refractivity contribution >= 4 is 8.07 Å². The van der Waals surface area contributed by atoms with Gasteiger partial charge in [0.1, 0.15) is 0 Å². The first-order valence-corrected chi connectivity index (χ1v) is 11.0. The van der Waals surface area contributed by atoms with Crippen LogP contribution < -0.4 is 0 Å². The summed E-state index contributed by atoms with van der Waals surface area (Å²) < 4.78 is 0.983. The maximum Gasteiger partial charge on any atom is 0.0435 e. The molecular weight excluding hydrogens is 262 g/mol. The van der Waals surface area contributed by atoms with E-state index >= 15 is 0 Å². The Labute approximate surface area is 128 Å². The van der Waals surface area contributed by atoms with Gasteiger partial charge in [-0.1, -0.05) is 25.6 Å². The van der Waals surface area contributed by atoms with Gasteiger partial charge in [-0.2, -0.15) is 0 Å². The van der Waals surface area contributed by atoms with Gasteiger partial charge in [0, 0.05) is 33.2 Å². The van der Waals surface area contributed by atoms with E-state index in [1.807, 2.05) is 0 Å². The zero-order valence-electron chi connectivity index (χ0n) is 15.4. The van der Waals surface area contributed by atoms with Crippen molar-refractivity contribution in [3.8, 4) is 0 Å². The van der Waals surface area contributed by atoms with Gasteiger partial charge in [-0.05, 0) is 48.6 Å². The molecule has 0 radical (unpaired) electrons. The number of nitrogens with zero attached hydrogens (tertiary/aromatic N) is 3. The molecule has 120 valence electrons. The van der Waals surface area contributed by atoms with Crippen LogP contribution in [-0.4, -0.2) is 83.8 Å². The molecule has 1 rings (SSSR count). The van der Waals surface area contributed by atoms with Crippen molar-refractivity contribution in [3.05, 3.63) is 6.17 Å². The topological polar surface area (TPSA) is 6.48 Å². The third-order valence-electron chi connectivity index (χ3n) is 4.99. The molecular formula is C16H37N3Si. The molecule has 0 spiro atoms. The summed E-state index contributed by atoms with van der Waals surface area (Å²) in [5.74, 6) is 0.748. The summed E-state index contributed by atoms with van der Waals surface area (Å²) in [6.07, 6.45) is 4.01. The molecule has 0 aromatic rings. The van der Waals surface area contributed by atoms with Crippen molar-refractivity contribution in [2.45, 2.75) is 44.1 Å². The van der Waals surface area contributed by atoms with Crippen LogP contribution >= 0.6 is 0 Å². The lowest BCUT2D eigenvalue weighted by Gasteiger charge is -2.50. The smallest absolute Gasteiger partial charge is 0.0435 e. The van der Waals surface area contributed by atoms with Crippen molar-refractivity contribution in [2.75, 3.05) is 49.3 Å². The Morgan fingerprint density at radius 3 is 1.85 bits per heavy atom. The van der Waals surface area contributed by atoms with Gasteiger partial charge in [-0.15, -0.1) is 6.17 Å². The highest BCUT2D eigenvalue weighted by molar-refractivity contribution is 6.81. The Bertz CT molecular complexity index is 320. The minimum absolute atomic E-state index is 0.715. The van der Waals surface area contributed by atoms with Crippen LogP contribution in [0.3, 0.4) is 0 Å². The van der Waals surface area contributed by atoms with E-state index in [0.29, 0.717) is 6.04 Å². The number of quaternary nitrogens is 1. The highest BCUT2D eigenvalue weighted by Gasteiger charge is 2.47. The molecule has 20 heavy (non-hydrogen) atoms. The minimum atomic E-state index is -1.38. The van der Waals surface area contributed by atoms with Crippen LogP contribution in [0.5, 0.6) is 0 Å². The Morgan fingerprint density at radius 2 is 1.50 bits per heavy atom. The standard InChI is InChI=1S/C16H37N3Si/c1-13-14(17(2)3)11-15(16(13)18(4)5)20(9,10)12-19(6,7)8/h12-16H,11H2,1-10H3/t13-,14?,15?,16?/m1/s1. The van der Waals surface area contributed by atoms with Crippen LogP contribution in [0.4, 0.5) is 0 Å². The van der Waals surface area contributed by atoms with Crippen LogP contribution in [0.2, 0.25) is 18.6 Å². The number of rotatable bonds is 5. The van der Waals surface area contributed by atoms with Crippen LogP contribution in [0.15, 0.2) is 0 Å². The monoisotopic (exact) mass is 299 g/mol. The van der Waals surface area contributed by atoms with Crippen molar-refractivity contribution in [1.82, 2.24) is 9.80 Å². The predicted octanol–water partition coefficient (Wildman–Crippen LogP) is 2.37. The molecule has 0 aliphatic heterocycles. The molecule has 0 N–H and O–H groups in total. The summed E-state index contributed by atoms with van der Waals surface area (Å²) in [6.45, 7) is 7.57. The molecule has 0 heterocycles. The average molecular weight is 300 g/mol. The first-order valence-electron chi connectivity index (χ1n) is 7.88. The fourth-order valence-electron chi connectivity index (χ4n) is 4.56. The SMILES string of the molecule is C[C@@H]1C(N(C)C)CC([Si](C)(C)[CH-][N+](C)(C)C)C1N(C)C. The predicted molar refractivity (Wildman–Crippen MR) is 92.3 cm³/mol. The van der Waals surface area contributed by atoms with E-state index in [0.717, 1.165) is 22.0 Å². The summed E-state index contributed by atoms with van der Waals surface area (Å²) in [5, 5.41) is 0. The average Bonchev–Trinajstić information content (AvgIpc) is 2.52. The van der Waals surface area contributed by atoms with Crippen LogP contribution in [0, 0.1) is 12.1 Å². The first-order chi connectivity index (χ1) is 8.87. The summed E-state index contributed by atoms with van der Waals surface area (Å²) in [6, 6.07) is 1.44. The van der Waals surface area contributed by atoms with Gasteiger partial charge in [0.25, 0.3) is 0 Å². The lowest BCUT2D eigenvalue weighted by atomic mass is 10.0. The van der Waals surface area contributed by atoms with Gasteiger partial charge >= 0.3 is 0 Å². The Balaban J connectivity index is 3.02. The molecule has 0 aromatic heterocycles. The molecule has 0 bridgehead atoms. The Hall–Kier alpha value is 0.0969. The molecule has 1 saturated carbocycles. The molecule has 3 unspecified atom stereocenters. The zero-order valence-corrected chi connectivity index (χ0v) is 16.4. The lowest BCUT2D eigenvalue weighted by molar-refractivity contribution is -0.832. The van der Waals surface area contributed by atoms with Gasteiger partial charge in [0.05, 0.1) is 0 Å². The summed E-state index contributed by atoms with van der Waals surface area (Å²) in [4.78, 5) is 4.93. The quantitative estimate of drug-likeness (QED) is 0.437. The molecule has 0 amide bonds. The van der Waals surface area contributed by atoms with Crippen LogP contribution in [-0.2, 0) is 0 Å². The maximum atomic E-state index is 2.65. The molecule has 0 saturated heterocycles. The van der Waals surface area contributed by atoms with E-state index in [-0.39, 0.29) is 0 Å². The number of hydrogen-bond acceptors (Lipinski definition) is 2. The van der Waals surface area contributed by atoms with Crippen LogP contribution in [0.25, 0.3) is 0 Å². The second-order valence-corrected chi connectivity index (χ2v) is 13.4. The van der Waals surface area contributed by atoms with E-state index in [2.05, 4.69) is 85.3 Å². The van der Waals surface area contributed by atoms with Crippen molar-refractivity contribution in [3.63, 3.8) is 0 Å². The Kier molecular flexibility index (Phi) is 5.51. The fraction of sp³-hybridized carbons (Fsp3) is 0.938. The largest absolute Gasteiger partial charge is 0.463 e. The second-order valence-electron chi connectivity index (χ2n) is 8.75. The highest BCUT2D eigenvalue weighted by Crippen LogP contribution is 2.47. The third-order valence-corrected chi connectivity index (χ3v) is 8.92. The van der Waals surface area contributed by atoms with Gasteiger partial charge in [-0.3, -0.25) is 0 Å². The minimum Gasteiger partial charge on any atom is -0.463 e. The van der Waals surface area contributed by atoms with E-state index in [4.69, 9.17) is 0 Å². The van der Waals surface area contributed by atoms with Crippen molar-refractivity contribution in [1.29, 1.82) is 0 Å². The molecule has 4 heteroatoms. The summed E-state index contributed by atoms with van der Waals surface area (Å²) >= 11 is 0. The molecule has 1 aliphatic carbocycles. The van der Waals surface area contributed by atoms with E-state index < -0.39 is 8.07 Å². The van der Waals surface area contributed by atoms with E-state index in [9.17, 15) is 0 Å². The molecule has 1 fully saturated rings. The normalized spacial score (nSPS) is 32.4. The van der Waals surface area contributed by atoms with Crippen molar-refractivity contribution in [2.24, 2.45) is 5.92 Å². The van der Waals surface area contributed by atoms with Gasteiger partial charge in [0.2, 0.25) is 0 Å². The molecule has 3 nitrogen and oxygen atoms in total. The maximum absolute atomic E-state index is 2.65. The van der Waals surface area contributed by atoms with Gasteiger partial charge in [0.15, 0.2) is 0 Å². The Morgan fingerprint density at radius 1 is 1.00 bits per heavy atom. The second kappa shape index (κ2) is 6.07. The molecule has 4 atom stereocenters. The molecule has 0 aromatic carbocycles. The van der Waals surface area contributed by atoms with Crippen LogP contribution in [0.1, 0.15) is 13.3 Å². The highest BCUT2D eigenvalue weighted by atomic mass is 28.3. The van der Waals surface area contributed by atoms with E-state index in [1.165, 1.54) is 6.42 Å². The zero-order chi connectivity index (χ0) is 15.9. The third kappa shape index (κ3) is 4.06. The van der Waals surface area contributed by atoms with Crippen molar-refractivity contribution < 1.29 is 4.48 Å². The van der Waals surface area contributed by atoms with Gasteiger partial charge in [-0.25, -0.2) is 0 Å². The fourth-order valence-corrected chi connectivity index (χ4v) is 9.08. The number of hydrogen-bond donors (Lipinski definition) is 0. The summed E-state index contributed by atoms with van der Waals surface area (Å²) in [7, 11) is 14.5.